The third-order valence-corrected chi connectivity index (χ3v) is 2.36. The van der Waals surface area contributed by atoms with Gasteiger partial charge in [-0.25, -0.2) is 4.39 Å². The molecule has 0 unspecified atom stereocenters. The largest absolute Gasteiger partial charge is 0.507 e. The summed E-state index contributed by atoms with van der Waals surface area (Å²) in [4.78, 5) is 10.6. The first kappa shape index (κ1) is 10.4. The van der Waals surface area contributed by atoms with Gasteiger partial charge in [0.05, 0.1) is 5.56 Å². The summed E-state index contributed by atoms with van der Waals surface area (Å²) in [5.74, 6) is -0.622. The molecule has 3 heteroatoms. The minimum absolute atomic E-state index is 0.153. The van der Waals surface area contributed by atoms with Crippen LogP contribution >= 0.6 is 0 Å². The maximum atomic E-state index is 13.5. The molecule has 2 rings (SSSR count). The summed E-state index contributed by atoms with van der Waals surface area (Å²) >= 11 is 0. The van der Waals surface area contributed by atoms with E-state index in [-0.39, 0.29) is 16.9 Å². The number of rotatable bonds is 2. The SMILES string of the molecule is O=Cc1cccc(-c2ccccc2F)c1O. The first-order chi connectivity index (χ1) is 7.74. The van der Waals surface area contributed by atoms with Gasteiger partial charge in [0.1, 0.15) is 11.6 Å². The number of phenols is 1. The van der Waals surface area contributed by atoms with Gasteiger partial charge in [0.25, 0.3) is 0 Å². The summed E-state index contributed by atoms with van der Waals surface area (Å²) in [5, 5.41) is 9.77. The second-order valence-electron chi connectivity index (χ2n) is 3.34. The second-order valence-corrected chi connectivity index (χ2v) is 3.34. The van der Waals surface area contributed by atoms with E-state index >= 15 is 0 Å². The Morgan fingerprint density at radius 2 is 1.69 bits per heavy atom. The normalized spacial score (nSPS) is 10.1. The maximum absolute atomic E-state index is 13.5. The third kappa shape index (κ3) is 1.67. The fourth-order valence-corrected chi connectivity index (χ4v) is 1.55. The number of aldehydes is 1. The van der Waals surface area contributed by atoms with Crippen LogP contribution in [0.25, 0.3) is 11.1 Å². The van der Waals surface area contributed by atoms with Crippen LogP contribution in [0.15, 0.2) is 42.5 Å². The molecule has 0 bridgehead atoms. The quantitative estimate of drug-likeness (QED) is 0.783. The van der Waals surface area contributed by atoms with Gasteiger partial charge in [-0.15, -0.1) is 0 Å². The minimum atomic E-state index is -0.430. The lowest BCUT2D eigenvalue weighted by Crippen LogP contribution is -1.88. The van der Waals surface area contributed by atoms with E-state index in [9.17, 15) is 14.3 Å². The molecule has 0 saturated heterocycles. The van der Waals surface area contributed by atoms with Gasteiger partial charge in [-0.2, -0.15) is 0 Å². The Labute approximate surface area is 92.0 Å². The number of carbonyl (C=O) groups excluding carboxylic acids is 1. The van der Waals surface area contributed by atoms with Crippen molar-refractivity contribution in [3.05, 3.63) is 53.8 Å². The van der Waals surface area contributed by atoms with E-state index in [2.05, 4.69) is 0 Å². The van der Waals surface area contributed by atoms with Crippen molar-refractivity contribution in [1.82, 2.24) is 0 Å². The van der Waals surface area contributed by atoms with Gasteiger partial charge < -0.3 is 5.11 Å². The molecule has 2 nitrogen and oxygen atoms in total. The van der Waals surface area contributed by atoms with E-state index in [0.717, 1.165) is 0 Å². The molecule has 80 valence electrons. The summed E-state index contributed by atoms with van der Waals surface area (Å²) < 4.78 is 13.5. The molecule has 0 aliphatic carbocycles. The van der Waals surface area contributed by atoms with Gasteiger partial charge in [-0.05, 0) is 12.1 Å². The molecule has 0 atom stereocenters. The number of aromatic hydroxyl groups is 1. The topological polar surface area (TPSA) is 37.3 Å². The van der Waals surface area contributed by atoms with Crippen LogP contribution in [0.3, 0.4) is 0 Å². The van der Waals surface area contributed by atoms with Gasteiger partial charge >= 0.3 is 0 Å². The molecule has 0 radical (unpaired) electrons. The van der Waals surface area contributed by atoms with Gasteiger partial charge in [0.2, 0.25) is 0 Å². The number of carbonyl (C=O) groups is 1. The highest BCUT2D eigenvalue weighted by Crippen LogP contribution is 2.32. The lowest BCUT2D eigenvalue weighted by atomic mass is 10.0. The Bertz CT molecular complexity index is 535. The monoisotopic (exact) mass is 216 g/mol. The average molecular weight is 216 g/mol. The number of halogens is 1. The highest BCUT2D eigenvalue weighted by atomic mass is 19.1. The summed E-state index contributed by atoms with van der Waals surface area (Å²) in [5.41, 5.74) is 0.757. The molecule has 2 aromatic carbocycles. The van der Waals surface area contributed by atoms with Crippen molar-refractivity contribution in [2.45, 2.75) is 0 Å². The molecule has 0 aliphatic rings. The number of hydrogen-bond acceptors (Lipinski definition) is 2. The summed E-state index contributed by atoms with van der Waals surface area (Å²) in [6.45, 7) is 0. The predicted octanol–water partition coefficient (Wildman–Crippen LogP) is 3.01. The van der Waals surface area contributed by atoms with Crippen molar-refractivity contribution >= 4 is 6.29 Å². The van der Waals surface area contributed by atoms with E-state index in [1.165, 1.54) is 12.1 Å². The molecule has 1 N–H and O–H groups in total. The molecule has 0 heterocycles. The smallest absolute Gasteiger partial charge is 0.153 e. The van der Waals surface area contributed by atoms with E-state index < -0.39 is 5.82 Å². The number of para-hydroxylation sites is 1. The molecule has 16 heavy (non-hydrogen) atoms. The molecule has 0 aliphatic heterocycles. The standard InChI is InChI=1S/C13H9FO2/c14-12-7-2-1-5-10(12)11-6-3-4-9(8-15)13(11)16/h1-8,16H. The van der Waals surface area contributed by atoms with Crippen LogP contribution in [0.2, 0.25) is 0 Å². The van der Waals surface area contributed by atoms with Gasteiger partial charge in [-0.3, -0.25) is 4.79 Å². The lowest BCUT2D eigenvalue weighted by molar-refractivity contribution is 0.112. The van der Waals surface area contributed by atoms with Crippen molar-refractivity contribution in [3.8, 4) is 16.9 Å². The zero-order valence-electron chi connectivity index (χ0n) is 8.35. The zero-order chi connectivity index (χ0) is 11.5. The number of phenolic OH excluding ortho intramolecular Hbond substituents is 1. The van der Waals surface area contributed by atoms with E-state index in [0.29, 0.717) is 11.8 Å². The maximum Gasteiger partial charge on any atom is 0.153 e. The van der Waals surface area contributed by atoms with Crippen molar-refractivity contribution in [2.24, 2.45) is 0 Å². The van der Waals surface area contributed by atoms with Crippen molar-refractivity contribution in [3.63, 3.8) is 0 Å². The third-order valence-electron chi connectivity index (χ3n) is 2.36. The van der Waals surface area contributed by atoms with Crippen LogP contribution in [0.1, 0.15) is 10.4 Å². The second kappa shape index (κ2) is 4.14. The summed E-state index contributed by atoms with van der Waals surface area (Å²) in [7, 11) is 0. The Morgan fingerprint density at radius 1 is 1.00 bits per heavy atom. The van der Waals surface area contributed by atoms with E-state index in [1.807, 2.05) is 0 Å². The first-order valence-electron chi connectivity index (χ1n) is 4.76. The Balaban J connectivity index is 2.65. The lowest BCUT2D eigenvalue weighted by Gasteiger charge is -2.07. The Morgan fingerprint density at radius 3 is 2.38 bits per heavy atom. The van der Waals surface area contributed by atoms with Crippen molar-refractivity contribution in [1.29, 1.82) is 0 Å². The zero-order valence-corrected chi connectivity index (χ0v) is 8.35. The first-order valence-corrected chi connectivity index (χ1v) is 4.76. The van der Waals surface area contributed by atoms with Gasteiger partial charge in [0, 0.05) is 11.1 Å². The van der Waals surface area contributed by atoms with Crippen LogP contribution in [0, 0.1) is 5.82 Å². The molecular weight excluding hydrogens is 207 g/mol. The fourth-order valence-electron chi connectivity index (χ4n) is 1.55. The molecule has 0 amide bonds. The number of benzene rings is 2. The van der Waals surface area contributed by atoms with Crippen molar-refractivity contribution < 1.29 is 14.3 Å². The molecule has 0 fully saturated rings. The molecule has 2 aromatic rings. The van der Waals surface area contributed by atoms with E-state index in [4.69, 9.17) is 0 Å². The van der Waals surface area contributed by atoms with Gasteiger partial charge in [-0.1, -0.05) is 30.3 Å². The van der Waals surface area contributed by atoms with Crippen LogP contribution in [-0.4, -0.2) is 11.4 Å². The average Bonchev–Trinajstić information content (AvgIpc) is 2.31. The highest BCUT2D eigenvalue weighted by Gasteiger charge is 2.11. The molecule has 0 saturated carbocycles. The minimum Gasteiger partial charge on any atom is -0.507 e. The van der Waals surface area contributed by atoms with Crippen molar-refractivity contribution in [2.75, 3.05) is 0 Å². The van der Waals surface area contributed by atoms with Crippen LogP contribution in [0.5, 0.6) is 5.75 Å². The molecule has 0 spiro atoms. The van der Waals surface area contributed by atoms with Crippen LogP contribution in [0.4, 0.5) is 4.39 Å². The Hall–Kier alpha value is -2.16. The van der Waals surface area contributed by atoms with Gasteiger partial charge in [0.15, 0.2) is 6.29 Å². The van der Waals surface area contributed by atoms with Crippen LogP contribution < -0.4 is 0 Å². The Kier molecular flexibility index (Phi) is 2.68. The number of hydrogen-bond donors (Lipinski definition) is 1. The van der Waals surface area contributed by atoms with Crippen LogP contribution in [-0.2, 0) is 0 Å². The predicted molar refractivity (Wildman–Crippen MR) is 58.9 cm³/mol. The molecular formula is C13H9FO2. The summed E-state index contributed by atoms with van der Waals surface area (Å²) in [6, 6.07) is 10.8. The van der Waals surface area contributed by atoms with E-state index in [1.54, 1.807) is 30.3 Å². The highest BCUT2D eigenvalue weighted by molar-refractivity contribution is 5.85. The molecule has 0 aromatic heterocycles. The summed E-state index contributed by atoms with van der Waals surface area (Å²) in [6.07, 6.45) is 0.541. The fraction of sp³-hybridized carbons (Fsp3) is 0.